The monoisotopic (exact) mass is 240 g/mol. The van der Waals surface area contributed by atoms with E-state index in [-0.39, 0.29) is 11.7 Å². The van der Waals surface area contributed by atoms with Gasteiger partial charge in [0.1, 0.15) is 5.92 Å². The first-order valence-electron chi connectivity index (χ1n) is 4.56. The third-order valence-electron chi connectivity index (χ3n) is 2.26. The Morgan fingerprint density at radius 2 is 2.44 bits per heavy atom. The highest BCUT2D eigenvalue weighted by Gasteiger charge is 2.25. The lowest BCUT2D eigenvalue weighted by molar-refractivity contribution is -0.138. The molecular weight excluding hydrogens is 232 g/mol. The number of hydrogen-bond donors (Lipinski definition) is 2. The van der Waals surface area contributed by atoms with Crippen LogP contribution in [0.25, 0.3) is 5.78 Å². The number of carboxylic acid groups (broad SMARTS) is 1. The highest BCUT2D eigenvalue weighted by molar-refractivity contribution is 6.30. The zero-order chi connectivity index (χ0) is 11.7. The van der Waals surface area contributed by atoms with Crippen molar-refractivity contribution in [2.45, 2.75) is 5.92 Å². The van der Waals surface area contributed by atoms with Crippen LogP contribution < -0.4 is 5.73 Å². The van der Waals surface area contributed by atoms with E-state index in [1.807, 2.05) is 0 Å². The van der Waals surface area contributed by atoms with Crippen LogP contribution in [-0.2, 0) is 4.79 Å². The summed E-state index contributed by atoms with van der Waals surface area (Å²) in [6.07, 6.45) is 3.21. The third kappa shape index (κ3) is 1.62. The Labute approximate surface area is 95.7 Å². The van der Waals surface area contributed by atoms with Gasteiger partial charge >= 0.3 is 5.97 Å². The summed E-state index contributed by atoms with van der Waals surface area (Å²) in [6, 6.07) is 1.67. The summed E-state index contributed by atoms with van der Waals surface area (Å²) in [5.41, 5.74) is 5.78. The van der Waals surface area contributed by atoms with E-state index in [0.717, 1.165) is 0 Å². The van der Waals surface area contributed by atoms with Gasteiger partial charge in [-0.05, 0) is 6.07 Å². The van der Waals surface area contributed by atoms with Crippen molar-refractivity contribution in [3.05, 3.63) is 29.3 Å². The van der Waals surface area contributed by atoms with Gasteiger partial charge in [-0.25, -0.2) is 4.98 Å². The predicted octanol–water partition coefficient (Wildman–Crippen LogP) is 0.510. The molecule has 2 aromatic heterocycles. The van der Waals surface area contributed by atoms with Crippen molar-refractivity contribution in [3.63, 3.8) is 0 Å². The van der Waals surface area contributed by atoms with E-state index in [1.165, 1.54) is 4.40 Å². The Hall–Kier alpha value is -1.66. The van der Waals surface area contributed by atoms with E-state index in [0.29, 0.717) is 11.5 Å². The fourth-order valence-corrected chi connectivity index (χ4v) is 1.82. The largest absolute Gasteiger partial charge is 0.481 e. The molecule has 2 aromatic rings. The van der Waals surface area contributed by atoms with Gasteiger partial charge in [-0.3, -0.25) is 9.20 Å². The fourth-order valence-electron chi connectivity index (χ4n) is 1.52. The topological polar surface area (TPSA) is 93.5 Å². The minimum absolute atomic E-state index is 0.0439. The van der Waals surface area contributed by atoms with Crippen LogP contribution in [0.1, 0.15) is 11.6 Å². The first kappa shape index (κ1) is 10.8. The van der Waals surface area contributed by atoms with Crippen LogP contribution >= 0.6 is 11.6 Å². The second-order valence-electron chi connectivity index (χ2n) is 3.20. The van der Waals surface area contributed by atoms with Crippen molar-refractivity contribution < 1.29 is 9.90 Å². The molecule has 0 bridgehead atoms. The molecule has 0 aliphatic rings. The van der Waals surface area contributed by atoms with Crippen LogP contribution in [0.2, 0.25) is 5.15 Å². The van der Waals surface area contributed by atoms with E-state index in [9.17, 15) is 4.79 Å². The number of nitrogens with zero attached hydrogens (tertiary/aromatic N) is 3. The minimum atomic E-state index is -1.03. The lowest BCUT2D eigenvalue weighted by Gasteiger charge is -2.09. The number of carbonyl (C=O) groups is 1. The van der Waals surface area contributed by atoms with Crippen LogP contribution in [-0.4, -0.2) is 32.0 Å². The number of carboxylic acids is 1. The SMILES string of the molecule is NCC(C(=O)O)c1c(Cl)nc2ncccn12. The molecular formula is C9H9ClN4O2. The van der Waals surface area contributed by atoms with E-state index in [4.69, 9.17) is 22.4 Å². The van der Waals surface area contributed by atoms with Crippen molar-refractivity contribution in [2.75, 3.05) is 6.54 Å². The first-order chi connectivity index (χ1) is 7.65. The summed E-state index contributed by atoms with van der Waals surface area (Å²) in [7, 11) is 0. The van der Waals surface area contributed by atoms with Crippen molar-refractivity contribution >= 4 is 23.3 Å². The molecule has 16 heavy (non-hydrogen) atoms. The third-order valence-corrected chi connectivity index (χ3v) is 2.54. The van der Waals surface area contributed by atoms with Gasteiger partial charge in [-0.15, -0.1) is 0 Å². The second kappa shape index (κ2) is 4.07. The van der Waals surface area contributed by atoms with Gasteiger partial charge in [0.25, 0.3) is 0 Å². The summed E-state index contributed by atoms with van der Waals surface area (Å²) < 4.78 is 1.54. The van der Waals surface area contributed by atoms with Gasteiger partial charge in [0.05, 0.1) is 5.69 Å². The molecule has 0 aromatic carbocycles. The number of rotatable bonds is 3. The first-order valence-corrected chi connectivity index (χ1v) is 4.94. The molecule has 0 aliphatic carbocycles. The van der Waals surface area contributed by atoms with Gasteiger partial charge in [-0.1, -0.05) is 11.6 Å². The summed E-state index contributed by atoms with van der Waals surface area (Å²) in [5.74, 6) is -1.55. The maximum absolute atomic E-state index is 11.0. The molecule has 3 N–H and O–H groups in total. The molecule has 2 rings (SSSR count). The Morgan fingerprint density at radius 1 is 1.69 bits per heavy atom. The van der Waals surface area contributed by atoms with Crippen molar-refractivity contribution in [1.82, 2.24) is 14.4 Å². The molecule has 0 aliphatic heterocycles. The van der Waals surface area contributed by atoms with Gasteiger partial charge in [0, 0.05) is 18.9 Å². The molecule has 0 saturated heterocycles. The van der Waals surface area contributed by atoms with Crippen LogP contribution in [0.4, 0.5) is 0 Å². The van der Waals surface area contributed by atoms with Crippen LogP contribution in [0.15, 0.2) is 18.5 Å². The number of nitrogens with two attached hydrogens (primary N) is 1. The lowest BCUT2D eigenvalue weighted by atomic mass is 10.1. The maximum atomic E-state index is 11.0. The number of aliphatic carboxylic acids is 1. The molecule has 2 heterocycles. The Balaban J connectivity index is 2.66. The second-order valence-corrected chi connectivity index (χ2v) is 3.56. The maximum Gasteiger partial charge on any atom is 0.313 e. The molecule has 1 atom stereocenters. The molecule has 7 heteroatoms. The molecule has 84 valence electrons. The smallest absolute Gasteiger partial charge is 0.313 e. The highest BCUT2D eigenvalue weighted by Crippen LogP contribution is 2.24. The molecule has 0 radical (unpaired) electrons. The highest BCUT2D eigenvalue weighted by atomic mass is 35.5. The Morgan fingerprint density at radius 3 is 3.06 bits per heavy atom. The van der Waals surface area contributed by atoms with Crippen molar-refractivity contribution in [2.24, 2.45) is 5.73 Å². The number of fused-ring (bicyclic) bond motifs is 1. The van der Waals surface area contributed by atoms with Gasteiger partial charge in [0.2, 0.25) is 5.78 Å². The van der Waals surface area contributed by atoms with Crippen LogP contribution in [0, 0.1) is 0 Å². The van der Waals surface area contributed by atoms with E-state index < -0.39 is 11.9 Å². The summed E-state index contributed by atoms with van der Waals surface area (Å²) >= 11 is 5.89. The van der Waals surface area contributed by atoms with Crippen molar-refractivity contribution in [3.8, 4) is 0 Å². The molecule has 0 fully saturated rings. The van der Waals surface area contributed by atoms with Crippen molar-refractivity contribution in [1.29, 1.82) is 0 Å². The normalized spacial score (nSPS) is 12.9. The molecule has 0 amide bonds. The van der Waals surface area contributed by atoms with E-state index in [2.05, 4.69) is 9.97 Å². The summed E-state index contributed by atoms with van der Waals surface area (Å²) in [5, 5.41) is 9.15. The zero-order valence-corrected chi connectivity index (χ0v) is 8.92. The number of hydrogen-bond acceptors (Lipinski definition) is 4. The van der Waals surface area contributed by atoms with Gasteiger partial charge in [0.15, 0.2) is 5.15 Å². The summed E-state index contributed by atoms with van der Waals surface area (Å²) in [6.45, 7) is -0.0439. The fraction of sp³-hybridized carbons (Fsp3) is 0.222. The molecule has 6 nitrogen and oxygen atoms in total. The van der Waals surface area contributed by atoms with E-state index in [1.54, 1.807) is 18.5 Å². The molecule has 0 saturated carbocycles. The number of halogens is 1. The van der Waals surface area contributed by atoms with Gasteiger partial charge < -0.3 is 10.8 Å². The van der Waals surface area contributed by atoms with Crippen LogP contribution in [0.5, 0.6) is 0 Å². The van der Waals surface area contributed by atoms with E-state index >= 15 is 0 Å². The minimum Gasteiger partial charge on any atom is -0.481 e. The number of aromatic nitrogens is 3. The molecule has 1 unspecified atom stereocenters. The average molecular weight is 241 g/mol. The Kier molecular flexibility index (Phi) is 2.76. The predicted molar refractivity (Wildman–Crippen MR) is 57.4 cm³/mol. The number of imidazole rings is 1. The molecule has 0 spiro atoms. The summed E-state index contributed by atoms with van der Waals surface area (Å²) in [4.78, 5) is 19.0. The standard InChI is InChI=1S/C9H9ClN4O2/c10-7-6(5(4-11)8(15)16)14-3-1-2-12-9(14)13-7/h1-3,5H,4,11H2,(H,15,16). The lowest BCUT2D eigenvalue weighted by Crippen LogP contribution is -2.22. The Bertz CT molecular complexity index is 539. The van der Waals surface area contributed by atoms with Gasteiger partial charge in [-0.2, -0.15) is 4.98 Å². The quantitative estimate of drug-likeness (QED) is 0.815. The zero-order valence-electron chi connectivity index (χ0n) is 8.17. The average Bonchev–Trinajstić information content (AvgIpc) is 2.57. The van der Waals surface area contributed by atoms with Crippen LogP contribution in [0.3, 0.4) is 0 Å².